The van der Waals surface area contributed by atoms with Crippen molar-refractivity contribution in [2.75, 3.05) is 58.0 Å². The van der Waals surface area contributed by atoms with E-state index in [1.165, 1.54) is 33.5 Å². The highest BCUT2D eigenvalue weighted by molar-refractivity contribution is 7.89. The Kier molecular flexibility index (Phi) is 12.8. The molecule has 3 aromatic rings. The molecule has 3 aromatic carbocycles. The van der Waals surface area contributed by atoms with Gasteiger partial charge in [0.1, 0.15) is 5.75 Å². The highest BCUT2D eigenvalue weighted by atomic mass is 32.2. The van der Waals surface area contributed by atoms with Gasteiger partial charge in [-0.3, -0.25) is 9.59 Å². The Morgan fingerprint density at radius 1 is 0.911 bits per heavy atom. The number of nitrogens with zero attached hydrogens (tertiary/aromatic N) is 3. The molecule has 0 radical (unpaired) electrons. The van der Waals surface area contributed by atoms with Gasteiger partial charge in [-0.15, -0.1) is 0 Å². The molecule has 0 fully saturated rings. The van der Waals surface area contributed by atoms with Gasteiger partial charge < -0.3 is 30.7 Å². The molecule has 0 aliphatic heterocycles. The molecule has 11 nitrogen and oxygen atoms in total. The normalized spacial score (nSPS) is 12.9. The van der Waals surface area contributed by atoms with E-state index in [1.807, 2.05) is 44.2 Å². The number of amides is 2. The molecule has 0 aliphatic rings. The number of rotatable bonds is 16. The van der Waals surface area contributed by atoms with Crippen LogP contribution in [0, 0.1) is 5.92 Å². The number of anilines is 2. The minimum atomic E-state index is -3.98. The number of nitrogens with two attached hydrogens (primary N) is 1. The van der Waals surface area contributed by atoms with Crippen LogP contribution in [0.3, 0.4) is 0 Å². The van der Waals surface area contributed by atoms with Crippen LogP contribution >= 0.6 is 0 Å². The second-order valence-corrected chi connectivity index (χ2v) is 13.5. The van der Waals surface area contributed by atoms with Gasteiger partial charge in [-0.05, 0) is 66.4 Å². The first-order chi connectivity index (χ1) is 21.3. The Hall–Kier alpha value is -4.13. The maximum atomic E-state index is 13.7. The molecule has 0 heterocycles. The molecule has 2 atom stereocenters. The quantitative estimate of drug-likeness (QED) is 0.203. The first-order valence-electron chi connectivity index (χ1n) is 14.8. The Labute approximate surface area is 266 Å². The number of sulfonamides is 1. The number of ether oxygens (including phenoxy) is 1. The summed E-state index contributed by atoms with van der Waals surface area (Å²) < 4.78 is 33.8. The van der Waals surface area contributed by atoms with E-state index in [9.17, 15) is 23.1 Å². The topological polar surface area (TPSA) is 146 Å². The molecule has 4 N–H and O–H groups in total. The molecular formula is C33H45N5O6S. The largest absolute Gasteiger partial charge is 0.497 e. The summed E-state index contributed by atoms with van der Waals surface area (Å²) in [5.74, 6) is -0.0333. The monoisotopic (exact) mass is 639 g/mol. The summed E-state index contributed by atoms with van der Waals surface area (Å²) in [4.78, 5) is 29.4. The maximum absolute atomic E-state index is 13.7. The van der Waals surface area contributed by atoms with Gasteiger partial charge in [0.25, 0.3) is 0 Å². The summed E-state index contributed by atoms with van der Waals surface area (Å²) in [7, 11) is 0.854. The minimum Gasteiger partial charge on any atom is -0.497 e. The molecule has 2 amide bonds. The van der Waals surface area contributed by atoms with Crippen LogP contribution in [0.1, 0.15) is 19.4 Å². The summed E-state index contributed by atoms with van der Waals surface area (Å²) in [6, 6.07) is 21.4. The third-order valence-electron chi connectivity index (χ3n) is 7.18. The van der Waals surface area contributed by atoms with Crippen LogP contribution in [-0.2, 0) is 26.0 Å². The van der Waals surface area contributed by atoms with Crippen molar-refractivity contribution in [2.24, 2.45) is 5.92 Å². The number of nitrogen functional groups attached to an aromatic ring is 1. The van der Waals surface area contributed by atoms with Crippen LogP contribution in [0.2, 0.25) is 0 Å². The number of benzene rings is 3. The lowest BCUT2D eigenvalue weighted by molar-refractivity contribution is -0.127. The maximum Gasteiger partial charge on any atom is 0.243 e. The second kappa shape index (κ2) is 16.3. The van der Waals surface area contributed by atoms with E-state index in [0.717, 1.165) is 5.56 Å². The minimum absolute atomic E-state index is 0.0322. The third-order valence-corrected chi connectivity index (χ3v) is 9.03. The molecule has 0 aliphatic carbocycles. The molecule has 45 heavy (non-hydrogen) atoms. The average Bonchev–Trinajstić information content (AvgIpc) is 3.00. The lowest BCUT2D eigenvalue weighted by Gasteiger charge is -2.32. The predicted molar refractivity (Wildman–Crippen MR) is 176 cm³/mol. The van der Waals surface area contributed by atoms with Crippen molar-refractivity contribution >= 4 is 33.2 Å². The van der Waals surface area contributed by atoms with Crippen LogP contribution in [0.4, 0.5) is 11.4 Å². The smallest absolute Gasteiger partial charge is 0.243 e. The van der Waals surface area contributed by atoms with Gasteiger partial charge in [0, 0.05) is 38.6 Å². The van der Waals surface area contributed by atoms with E-state index < -0.39 is 28.1 Å². The first kappa shape index (κ1) is 35.4. The molecule has 0 bridgehead atoms. The molecule has 0 unspecified atom stereocenters. The molecule has 0 spiro atoms. The van der Waals surface area contributed by atoms with Crippen molar-refractivity contribution in [3.8, 4) is 5.75 Å². The molecular weight excluding hydrogens is 594 g/mol. The van der Waals surface area contributed by atoms with Crippen molar-refractivity contribution in [1.82, 2.24) is 14.5 Å². The summed E-state index contributed by atoms with van der Waals surface area (Å²) in [5.41, 5.74) is 7.70. The van der Waals surface area contributed by atoms with Gasteiger partial charge >= 0.3 is 0 Å². The summed E-state index contributed by atoms with van der Waals surface area (Å²) in [5, 5.41) is 14.5. The Balaban J connectivity index is 1.88. The van der Waals surface area contributed by atoms with Gasteiger partial charge in [0.2, 0.25) is 21.8 Å². The fourth-order valence-electron chi connectivity index (χ4n) is 4.72. The highest BCUT2D eigenvalue weighted by Gasteiger charge is 2.31. The molecule has 0 saturated carbocycles. The van der Waals surface area contributed by atoms with Gasteiger partial charge in [-0.2, -0.15) is 4.31 Å². The van der Waals surface area contributed by atoms with Gasteiger partial charge in [0.05, 0.1) is 37.2 Å². The molecule has 244 valence electrons. The number of nitrogens with one attached hydrogen (secondary N) is 1. The predicted octanol–water partition coefficient (Wildman–Crippen LogP) is 2.61. The van der Waals surface area contributed by atoms with E-state index in [0.29, 0.717) is 17.1 Å². The van der Waals surface area contributed by atoms with Crippen molar-refractivity contribution in [1.29, 1.82) is 0 Å². The average molecular weight is 640 g/mol. The van der Waals surface area contributed by atoms with Crippen LogP contribution < -0.4 is 20.7 Å². The standard InChI is InChI=1S/C33H45N5O6S/c1-24(2)20-38(45(42,43)29-17-11-26(34)12-18-29)21-31(39)30(19-25-9-7-6-8-10-25)35-32(40)22-37(23-33(41)36(3)4)27-13-15-28(44-5)16-14-27/h6-18,24,30-31,39H,19-23,34H2,1-5H3,(H,35,40)/t30-,31-/m0/s1. The van der Waals surface area contributed by atoms with Crippen LogP contribution in [0.25, 0.3) is 0 Å². The fourth-order valence-corrected chi connectivity index (χ4v) is 6.34. The molecule has 12 heteroatoms. The fraction of sp³-hybridized carbons (Fsp3) is 0.394. The van der Waals surface area contributed by atoms with E-state index in [2.05, 4.69) is 5.32 Å². The molecule has 3 rings (SSSR count). The van der Waals surface area contributed by atoms with E-state index in [-0.39, 0.29) is 49.3 Å². The van der Waals surface area contributed by atoms with E-state index in [4.69, 9.17) is 10.5 Å². The van der Waals surface area contributed by atoms with Crippen molar-refractivity contribution < 1.29 is 27.9 Å². The van der Waals surface area contributed by atoms with Crippen molar-refractivity contribution in [2.45, 2.75) is 37.3 Å². The summed E-state index contributed by atoms with van der Waals surface area (Å²) in [6.07, 6.45) is -1.00. The van der Waals surface area contributed by atoms with Crippen LogP contribution in [0.15, 0.2) is 83.8 Å². The van der Waals surface area contributed by atoms with Crippen molar-refractivity contribution in [3.63, 3.8) is 0 Å². The molecule has 0 saturated heterocycles. The number of aliphatic hydroxyl groups is 1. The zero-order chi connectivity index (χ0) is 33.1. The number of hydrogen-bond acceptors (Lipinski definition) is 8. The van der Waals surface area contributed by atoms with E-state index >= 15 is 0 Å². The Morgan fingerprint density at radius 2 is 1.53 bits per heavy atom. The molecule has 0 aromatic heterocycles. The zero-order valence-corrected chi connectivity index (χ0v) is 27.4. The van der Waals surface area contributed by atoms with Gasteiger partial charge in [-0.1, -0.05) is 44.2 Å². The van der Waals surface area contributed by atoms with Crippen LogP contribution in [0.5, 0.6) is 5.75 Å². The van der Waals surface area contributed by atoms with Gasteiger partial charge in [-0.25, -0.2) is 8.42 Å². The number of carbonyl (C=O) groups excluding carboxylic acids is 2. The Morgan fingerprint density at radius 3 is 2.09 bits per heavy atom. The Bertz CT molecular complexity index is 1480. The summed E-state index contributed by atoms with van der Waals surface area (Å²) >= 11 is 0. The highest BCUT2D eigenvalue weighted by Crippen LogP contribution is 2.21. The SMILES string of the molecule is COc1ccc(N(CC(=O)N[C@@H](Cc2ccccc2)[C@@H](O)CN(CC(C)C)S(=O)(=O)c2ccc(N)cc2)CC(=O)N(C)C)cc1. The number of hydrogen-bond donors (Lipinski definition) is 3. The van der Waals surface area contributed by atoms with Gasteiger partial charge in [0.15, 0.2) is 0 Å². The second-order valence-electron chi connectivity index (χ2n) is 11.6. The first-order valence-corrected chi connectivity index (χ1v) is 16.2. The lowest BCUT2D eigenvalue weighted by atomic mass is 10.0. The van der Waals surface area contributed by atoms with E-state index in [1.54, 1.807) is 50.4 Å². The van der Waals surface area contributed by atoms with Crippen LogP contribution in [-0.4, -0.2) is 94.1 Å². The number of aliphatic hydroxyl groups excluding tert-OH is 1. The number of carbonyl (C=O) groups is 2. The van der Waals surface area contributed by atoms with Crippen molar-refractivity contribution in [3.05, 3.63) is 84.4 Å². The number of methoxy groups -OCH3 is 1. The lowest BCUT2D eigenvalue weighted by Crippen LogP contribution is -2.53. The number of likely N-dealkylation sites (N-methyl/N-ethyl adjacent to an activating group) is 1. The zero-order valence-electron chi connectivity index (χ0n) is 26.6. The third kappa shape index (κ3) is 10.5. The summed E-state index contributed by atoms with van der Waals surface area (Å²) in [6.45, 7) is 3.47.